The molecule has 3 aromatic carbocycles. The van der Waals surface area contributed by atoms with Crippen LogP contribution in [0.15, 0.2) is 84.9 Å². The summed E-state index contributed by atoms with van der Waals surface area (Å²) in [5, 5.41) is 19.7. The van der Waals surface area contributed by atoms with E-state index in [1.165, 1.54) is 0 Å². The SMILES string of the molecule is CC(C)(C)OC(O)CCC(C(=O)O)C(=O)c1ccc(C(c2ccccc2)c2ccccc2)cc1. The molecule has 3 aromatic rings. The van der Waals surface area contributed by atoms with Crippen molar-refractivity contribution in [2.75, 3.05) is 0 Å². The lowest BCUT2D eigenvalue weighted by molar-refractivity contribution is -0.170. The van der Waals surface area contributed by atoms with E-state index in [9.17, 15) is 19.8 Å². The van der Waals surface area contributed by atoms with Gasteiger partial charge in [-0.2, -0.15) is 0 Å². The molecule has 34 heavy (non-hydrogen) atoms. The Bertz CT molecular complexity index is 1030. The molecule has 0 aliphatic carbocycles. The van der Waals surface area contributed by atoms with E-state index in [2.05, 4.69) is 24.3 Å². The first kappa shape index (κ1) is 25.3. The molecule has 2 N–H and O–H groups in total. The highest BCUT2D eigenvalue weighted by Crippen LogP contribution is 2.32. The summed E-state index contributed by atoms with van der Waals surface area (Å²) < 4.78 is 5.43. The molecule has 0 bridgehead atoms. The van der Waals surface area contributed by atoms with E-state index in [0.29, 0.717) is 5.56 Å². The number of carboxylic acid groups (broad SMARTS) is 1. The summed E-state index contributed by atoms with van der Waals surface area (Å²) in [7, 11) is 0. The number of ketones is 1. The molecule has 5 nitrogen and oxygen atoms in total. The Labute approximate surface area is 201 Å². The van der Waals surface area contributed by atoms with E-state index in [-0.39, 0.29) is 18.8 Å². The van der Waals surface area contributed by atoms with Crippen LogP contribution in [0.4, 0.5) is 0 Å². The number of Topliss-reactive ketones (excluding diaryl/α,β-unsaturated/α-hetero) is 1. The Morgan fingerprint density at radius 1 is 0.765 bits per heavy atom. The molecular weight excluding hydrogens is 428 g/mol. The van der Waals surface area contributed by atoms with Gasteiger partial charge in [-0.3, -0.25) is 9.59 Å². The molecule has 2 atom stereocenters. The Kier molecular flexibility index (Phi) is 8.37. The van der Waals surface area contributed by atoms with Crippen LogP contribution in [0.25, 0.3) is 0 Å². The fourth-order valence-corrected chi connectivity index (χ4v) is 4.05. The molecule has 0 amide bonds. The number of carbonyl (C=O) groups is 2. The van der Waals surface area contributed by atoms with E-state index in [1.807, 2.05) is 48.5 Å². The minimum atomic E-state index is -1.25. The van der Waals surface area contributed by atoms with Crippen LogP contribution < -0.4 is 0 Å². The zero-order valence-electron chi connectivity index (χ0n) is 19.8. The highest BCUT2D eigenvalue weighted by Gasteiger charge is 2.29. The van der Waals surface area contributed by atoms with Crippen LogP contribution in [0.1, 0.15) is 66.6 Å². The van der Waals surface area contributed by atoms with E-state index >= 15 is 0 Å². The van der Waals surface area contributed by atoms with E-state index in [0.717, 1.165) is 16.7 Å². The number of ether oxygens (including phenoxy) is 1. The number of hydrogen-bond acceptors (Lipinski definition) is 4. The summed E-state index contributed by atoms with van der Waals surface area (Å²) in [6.07, 6.45) is -1.08. The minimum Gasteiger partial charge on any atom is -0.481 e. The molecule has 0 saturated carbocycles. The molecule has 0 radical (unpaired) electrons. The summed E-state index contributed by atoms with van der Waals surface area (Å²) >= 11 is 0. The fourth-order valence-electron chi connectivity index (χ4n) is 4.05. The summed E-state index contributed by atoms with van der Waals surface area (Å²) in [5.41, 5.74) is 3.04. The van der Waals surface area contributed by atoms with Gasteiger partial charge < -0.3 is 14.9 Å². The molecule has 178 valence electrons. The average Bonchev–Trinajstić information content (AvgIpc) is 2.80. The van der Waals surface area contributed by atoms with Crippen molar-refractivity contribution in [3.8, 4) is 0 Å². The first-order valence-electron chi connectivity index (χ1n) is 11.5. The Morgan fingerprint density at radius 3 is 1.68 bits per heavy atom. The van der Waals surface area contributed by atoms with Gasteiger partial charge in [-0.25, -0.2) is 0 Å². The van der Waals surface area contributed by atoms with Gasteiger partial charge in [0.25, 0.3) is 0 Å². The lowest BCUT2D eigenvalue weighted by atomic mass is 9.84. The molecule has 5 heteroatoms. The van der Waals surface area contributed by atoms with Crippen LogP contribution in [0, 0.1) is 5.92 Å². The third-order valence-electron chi connectivity index (χ3n) is 5.60. The third-order valence-corrected chi connectivity index (χ3v) is 5.60. The van der Waals surface area contributed by atoms with Gasteiger partial charge in [0.1, 0.15) is 5.92 Å². The maximum Gasteiger partial charge on any atom is 0.314 e. The second-order valence-corrected chi connectivity index (χ2v) is 9.39. The Hall–Kier alpha value is -3.28. The van der Waals surface area contributed by atoms with Crippen molar-refractivity contribution >= 4 is 11.8 Å². The van der Waals surface area contributed by atoms with Crippen molar-refractivity contribution < 1.29 is 24.5 Å². The number of aliphatic carboxylic acids is 1. The number of carbonyl (C=O) groups excluding carboxylic acids is 1. The van der Waals surface area contributed by atoms with E-state index in [1.54, 1.807) is 32.9 Å². The second-order valence-electron chi connectivity index (χ2n) is 9.39. The largest absolute Gasteiger partial charge is 0.481 e. The quantitative estimate of drug-likeness (QED) is 0.176. The van der Waals surface area contributed by atoms with Crippen molar-refractivity contribution in [1.82, 2.24) is 0 Å². The maximum absolute atomic E-state index is 13.0. The molecular formula is C29H32O5. The monoisotopic (exact) mass is 460 g/mol. The number of aliphatic hydroxyl groups excluding tert-OH is 1. The average molecular weight is 461 g/mol. The number of benzene rings is 3. The summed E-state index contributed by atoms with van der Waals surface area (Å²) in [6, 6.07) is 27.4. The van der Waals surface area contributed by atoms with Gasteiger partial charge in [0.15, 0.2) is 12.1 Å². The van der Waals surface area contributed by atoms with Crippen LogP contribution in [0.2, 0.25) is 0 Å². The smallest absolute Gasteiger partial charge is 0.314 e. The van der Waals surface area contributed by atoms with Crippen molar-refractivity contribution in [2.24, 2.45) is 5.92 Å². The van der Waals surface area contributed by atoms with Crippen molar-refractivity contribution in [2.45, 2.75) is 51.4 Å². The van der Waals surface area contributed by atoms with Gasteiger partial charge >= 0.3 is 5.97 Å². The van der Waals surface area contributed by atoms with Gasteiger partial charge in [0.05, 0.1) is 5.60 Å². The van der Waals surface area contributed by atoms with Crippen LogP contribution in [-0.4, -0.2) is 33.9 Å². The summed E-state index contributed by atoms with van der Waals surface area (Å²) in [5.74, 6) is -2.93. The van der Waals surface area contributed by atoms with Gasteiger partial charge in [-0.15, -0.1) is 0 Å². The van der Waals surface area contributed by atoms with Crippen LogP contribution in [0.5, 0.6) is 0 Å². The van der Waals surface area contributed by atoms with Gasteiger partial charge in [0, 0.05) is 11.5 Å². The molecule has 0 heterocycles. The number of rotatable bonds is 10. The summed E-state index contributed by atoms with van der Waals surface area (Å²) in [6.45, 7) is 5.40. The molecule has 2 unspecified atom stereocenters. The van der Waals surface area contributed by atoms with Crippen molar-refractivity contribution in [1.29, 1.82) is 0 Å². The minimum absolute atomic E-state index is 0.00785. The normalized spacial score (nSPS) is 13.4. The standard InChI is InChI=1S/C29H32O5/c1-29(2,3)34-25(30)19-18-24(28(32)33)27(31)23-16-14-22(15-17-23)26(20-10-6-4-7-11-20)21-12-8-5-9-13-21/h4-17,24-26,30H,18-19H2,1-3H3,(H,32,33). The van der Waals surface area contributed by atoms with Gasteiger partial charge in [0.2, 0.25) is 0 Å². The predicted molar refractivity (Wildman–Crippen MR) is 132 cm³/mol. The highest BCUT2D eigenvalue weighted by molar-refractivity contribution is 6.08. The predicted octanol–water partition coefficient (Wildman–Crippen LogP) is 5.66. The number of carboxylic acids is 1. The topological polar surface area (TPSA) is 83.8 Å². The highest BCUT2D eigenvalue weighted by atomic mass is 16.6. The van der Waals surface area contributed by atoms with Gasteiger partial charge in [-0.1, -0.05) is 84.9 Å². The first-order chi connectivity index (χ1) is 16.2. The van der Waals surface area contributed by atoms with Crippen molar-refractivity contribution in [3.63, 3.8) is 0 Å². The first-order valence-corrected chi connectivity index (χ1v) is 11.5. The molecule has 0 fully saturated rings. The van der Waals surface area contributed by atoms with Crippen LogP contribution >= 0.6 is 0 Å². The van der Waals surface area contributed by atoms with Gasteiger partial charge in [-0.05, 0) is 50.3 Å². The molecule has 0 aromatic heterocycles. The van der Waals surface area contributed by atoms with E-state index < -0.39 is 29.6 Å². The number of hydrogen-bond donors (Lipinski definition) is 2. The Morgan fingerprint density at radius 2 is 1.24 bits per heavy atom. The maximum atomic E-state index is 13.0. The molecule has 0 aliphatic rings. The third kappa shape index (κ3) is 6.86. The molecule has 3 rings (SSSR count). The lowest BCUT2D eigenvalue weighted by Gasteiger charge is -2.24. The van der Waals surface area contributed by atoms with Crippen molar-refractivity contribution in [3.05, 3.63) is 107 Å². The second kappa shape index (κ2) is 11.2. The van der Waals surface area contributed by atoms with E-state index in [4.69, 9.17) is 4.74 Å². The van der Waals surface area contributed by atoms with Crippen LogP contribution in [-0.2, 0) is 9.53 Å². The zero-order chi connectivity index (χ0) is 24.7. The molecule has 0 spiro atoms. The molecule has 0 saturated heterocycles. The fraction of sp³-hybridized carbons (Fsp3) is 0.310. The lowest BCUT2D eigenvalue weighted by Crippen LogP contribution is -2.30. The Balaban J connectivity index is 1.80. The summed E-state index contributed by atoms with van der Waals surface area (Å²) in [4.78, 5) is 24.8. The zero-order valence-corrected chi connectivity index (χ0v) is 19.8. The molecule has 0 aliphatic heterocycles. The number of aliphatic hydroxyl groups is 1. The van der Waals surface area contributed by atoms with Crippen LogP contribution in [0.3, 0.4) is 0 Å².